The van der Waals surface area contributed by atoms with Crippen LogP contribution in [0.15, 0.2) is 77.9 Å². The van der Waals surface area contributed by atoms with Gasteiger partial charge in [0, 0.05) is 37.0 Å². The molecule has 2 N–H and O–H groups in total. The number of anilines is 2. The maximum atomic E-state index is 13.4. The van der Waals surface area contributed by atoms with Crippen LogP contribution in [-0.2, 0) is 7.05 Å². The molecule has 10 nitrogen and oxygen atoms in total. The second kappa shape index (κ2) is 9.06. The molecule has 1 aliphatic heterocycles. The molecule has 4 aromatic rings. The number of para-hydroxylation sites is 1. The van der Waals surface area contributed by atoms with Crippen LogP contribution in [0.3, 0.4) is 0 Å². The van der Waals surface area contributed by atoms with Crippen LogP contribution in [-0.4, -0.2) is 46.5 Å². The molecule has 0 radical (unpaired) electrons. The van der Waals surface area contributed by atoms with Gasteiger partial charge in [-0.2, -0.15) is 5.10 Å². The third-order valence-corrected chi connectivity index (χ3v) is 6.22. The molecule has 0 aliphatic carbocycles. The average Bonchev–Trinajstić information content (AvgIpc) is 3.45. The van der Waals surface area contributed by atoms with E-state index in [1.807, 2.05) is 42.5 Å². The summed E-state index contributed by atoms with van der Waals surface area (Å²) in [5.74, 6) is 0.0130. The van der Waals surface area contributed by atoms with E-state index in [1.54, 1.807) is 48.2 Å². The quantitative estimate of drug-likeness (QED) is 0.452. The molecule has 1 aromatic heterocycles. The highest BCUT2D eigenvalue weighted by Crippen LogP contribution is 2.40. The number of benzene rings is 3. The molecule has 36 heavy (non-hydrogen) atoms. The maximum Gasteiger partial charge on any atom is 0.350 e. The normalized spacial score (nSPS) is 13.3. The Kier molecular flexibility index (Phi) is 5.77. The topological polar surface area (TPSA) is 116 Å². The van der Waals surface area contributed by atoms with Gasteiger partial charge in [0.2, 0.25) is 5.91 Å². The van der Waals surface area contributed by atoms with E-state index in [2.05, 4.69) is 5.10 Å². The van der Waals surface area contributed by atoms with E-state index in [9.17, 15) is 14.4 Å². The van der Waals surface area contributed by atoms with E-state index >= 15 is 0 Å². The Morgan fingerprint density at radius 1 is 0.944 bits per heavy atom. The van der Waals surface area contributed by atoms with Gasteiger partial charge in [0.25, 0.3) is 0 Å². The molecule has 1 aliphatic rings. The summed E-state index contributed by atoms with van der Waals surface area (Å²) in [4.78, 5) is 40.4. The van der Waals surface area contributed by atoms with Crippen molar-refractivity contribution in [1.29, 1.82) is 0 Å². The molecule has 0 spiro atoms. The van der Waals surface area contributed by atoms with Crippen LogP contribution in [0.1, 0.15) is 10.4 Å². The lowest BCUT2D eigenvalue weighted by Crippen LogP contribution is -2.32. The second-order valence-electron chi connectivity index (χ2n) is 8.31. The van der Waals surface area contributed by atoms with Crippen molar-refractivity contribution < 1.29 is 14.3 Å². The molecule has 0 unspecified atom stereocenters. The summed E-state index contributed by atoms with van der Waals surface area (Å²) in [5, 5.41) is 3.99. The highest BCUT2D eigenvalue weighted by molar-refractivity contribution is 6.08. The molecule has 0 atom stereocenters. The Bertz CT molecular complexity index is 1520. The number of rotatable bonds is 6. The highest BCUT2D eigenvalue weighted by atomic mass is 16.5. The number of nitrogens with zero attached hydrogens (tertiary/aromatic N) is 5. The first kappa shape index (κ1) is 22.9. The van der Waals surface area contributed by atoms with Gasteiger partial charge >= 0.3 is 11.7 Å². The number of hydrogen-bond acceptors (Lipinski definition) is 5. The van der Waals surface area contributed by atoms with Crippen molar-refractivity contribution in [2.45, 2.75) is 0 Å². The molecule has 10 heteroatoms. The number of aromatic nitrogens is 3. The third-order valence-electron chi connectivity index (χ3n) is 6.22. The molecule has 1 saturated heterocycles. The van der Waals surface area contributed by atoms with Gasteiger partial charge in [-0.3, -0.25) is 14.6 Å². The largest absolute Gasteiger partial charge is 0.494 e. The molecule has 182 valence electrons. The fourth-order valence-corrected chi connectivity index (χ4v) is 4.37. The van der Waals surface area contributed by atoms with Crippen molar-refractivity contribution in [2.75, 3.05) is 30.0 Å². The molecule has 2 heterocycles. The lowest BCUT2D eigenvalue weighted by atomic mass is 10.0. The minimum absolute atomic E-state index is 0.224. The van der Waals surface area contributed by atoms with E-state index in [-0.39, 0.29) is 11.7 Å². The van der Waals surface area contributed by atoms with E-state index in [0.29, 0.717) is 41.5 Å². The smallest absolute Gasteiger partial charge is 0.350 e. The number of urea groups is 1. The SMILES string of the molecule is COc1c(-c2ccc(-n3cnn(C)c3=O)cc2)cccc1N1CCN(c2cccc(C(N)=O)c2)C1=O. The molecular formula is C26H24N6O4. The Hall–Kier alpha value is -4.86. The van der Waals surface area contributed by atoms with Gasteiger partial charge < -0.3 is 10.5 Å². The van der Waals surface area contributed by atoms with Gasteiger partial charge in [-0.1, -0.05) is 30.3 Å². The first-order chi connectivity index (χ1) is 17.4. The fourth-order valence-electron chi connectivity index (χ4n) is 4.37. The van der Waals surface area contributed by atoms with Gasteiger partial charge in [-0.15, -0.1) is 0 Å². The summed E-state index contributed by atoms with van der Waals surface area (Å²) in [7, 11) is 3.17. The number of nitrogens with two attached hydrogens (primary N) is 1. The van der Waals surface area contributed by atoms with Crippen molar-refractivity contribution in [3.8, 4) is 22.6 Å². The van der Waals surface area contributed by atoms with Crippen LogP contribution < -0.4 is 26.0 Å². The minimum Gasteiger partial charge on any atom is -0.494 e. The lowest BCUT2D eigenvalue weighted by molar-refractivity contribution is 0.1000. The van der Waals surface area contributed by atoms with Gasteiger partial charge in [-0.05, 0) is 42.0 Å². The number of ether oxygens (including phenoxy) is 1. The Morgan fingerprint density at radius 2 is 1.67 bits per heavy atom. The zero-order valence-electron chi connectivity index (χ0n) is 19.8. The fraction of sp³-hybridized carbons (Fsp3) is 0.154. The van der Waals surface area contributed by atoms with Crippen molar-refractivity contribution in [3.05, 3.63) is 89.1 Å². The first-order valence-electron chi connectivity index (χ1n) is 11.3. The predicted octanol–water partition coefficient (Wildman–Crippen LogP) is 2.79. The number of primary amides is 1. The zero-order chi connectivity index (χ0) is 25.4. The van der Waals surface area contributed by atoms with Gasteiger partial charge in [0.1, 0.15) is 12.1 Å². The van der Waals surface area contributed by atoms with Crippen LogP contribution in [0.25, 0.3) is 16.8 Å². The third kappa shape index (κ3) is 3.88. The van der Waals surface area contributed by atoms with Crippen molar-refractivity contribution in [2.24, 2.45) is 12.8 Å². The number of aryl methyl sites for hydroxylation is 1. The maximum absolute atomic E-state index is 13.4. The molecular weight excluding hydrogens is 460 g/mol. The zero-order valence-corrected chi connectivity index (χ0v) is 19.8. The summed E-state index contributed by atoms with van der Waals surface area (Å²) < 4.78 is 8.50. The Labute approximate surface area is 206 Å². The Balaban J connectivity index is 1.46. The summed E-state index contributed by atoms with van der Waals surface area (Å²) >= 11 is 0. The van der Waals surface area contributed by atoms with Gasteiger partial charge in [0.15, 0.2) is 0 Å². The average molecular weight is 485 g/mol. The molecule has 3 aromatic carbocycles. The van der Waals surface area contributed by atoms with Gasteiger partial charge in [0.05, 0.1) is 18.5 Å². The van der Waals surface area contributed by atoms with E-state index in [1.165, 1.54) is 15.6 Å². The number of carbonyl (C=O) groups excluding carboxylic acids is 2. The molecule has 0 bridgehead atoms. The molecule has 0 saturated carbocycles. The van der Waals surface area contributed by atoms with Crippen LogP contribution in [0, 0.1) is 0 Å². The van der Waals surface area contributed by atoms with Gasteiger partial charge in [-0.25, -0.2) is 18.8 Å². The number of methoxy groups -OCH3 is 1. The summed E-state index contributed by atoms with van der Waals surface area (Å²) in [6.07, 6.45) is 1.47. The molecule has 5 rings (SSSR count). The summed E-state index contributed by atoms with van der Waals surface area (Å²) in [6, 6.07) is 19.6. The standard InChI is InChI=1S/C26H24N6O4/c1-29-25(34)32(16-28-29)19-11-9-17(10-12-19)21-7-4-8-22(23(21)36-2)31-14-13-30(26(31)35)20-6-3-5-18(15-20)24(27)33/h3-12,15-16H,13-14H2,1-2H3,(H2,27,33). The summed E-state index contributed by atoms with van der Waals surface area (Å²) in [5.41, 5.74) is 9.12. The van der Waals surface area contributed by atoms with Crippen molar-refractivity contribution in [3.63, 3.8) is 0 Å². The molecule has 1 fully saturated rings. The molecule has 3 amide bonds. The number of amides is 3. The van der Waals surface area contributed by atoms with E-state index in [4.69, 9.17) is 10.5 Å². The van der Waals surface area contributed by atoms with Crippen LogP contribution in [0.5, 0.6) is 5.75 Å². The lowest BCUT2D eigenvalue weighted by Gasteiger charge is -2.22. The predicted molar refractivity (Wildman–Crippen MR) is 136 cm³/mol. The summed E-state index contributed by atoms with van der Waals surface area (Å²) in [6.45, 7) is 0.894. The van der Waals surface area contributed by atoms with Crippen LogP contribution in [0.2, 0.25) is 0 Å². The van der Waals surface area contributed by atoms with Crippen molar-refractivity contribution >= 4 is 23.3 Å². The minimum atomic E-state index is -0.547. The number of carbonyl (C=O) groups is 2. The Morgan fingerprint density at radius 3 is 2.33 bits per heavy atom. The van der Waals surface area contributed by atoms with Crippen molar-refractivity contribution in [1.82, 2.24) is 14.3 Å². The highest BCUT2D eigenvalue weighted by Gasteiger charge is 2.33. The first-order valence-corrected chi connectivity index (χ1v) is 11.3. The van der Waals surface area contributed by atoms with E-state index < -0.39 is 5.91 Å². The second-order valence-corrected chi connectivity index (χ2v) is 8.31. The monoisotopic (exact) mass is 484 g/mol. The van der Waals surface area contributed by atoms with Crippen LogP contribution >= 0.6 is 0 Å². The van der Waals surface area contributed by atoms with Crippen LogP contribution in [0.4, 0.5) is 16.2 Å². The van der Waals surface area contributed by atoms with E-state index in [0.717, 1.165) is 11.1 Å². The number of hydrogen-bond donors (Lipinski definition) is 1.